The van der Waals surface area contributed by atoms with Gasteiger partial charge in [-0.05, 0) is 42.7 Å². The van der Waals surface area contributed by atoms with Crippen molar-refractivity contribution in [1.29, 1.82) is 0 Å². The van der Waals surface area contributed by atoms with Crippen LogP contribution in [0.4, 0.5) is 10.1 Å². The molecule has 0 bridgehead atoms. The number of nitrogens with one attached hydrogen (secondary N) is 1. The summed E-state index contributed by atoms with van der Waals surface area (Å²) in [7, 11) is 1.39. The molecule has 2 aromatic rings. The Hall–Kier alpha value is -2.89. The van der Waals surface area contributed by atoms with E-state index in [-0.39, 0.29) is 24.5 Å². The van der Waals surface area contributed by atoms with Crippen LogP contribution in [0.25, 0.3) is 0 Å². The van der Waals surface area contributed by atoms with Gasteiger partial charge < -0.3 is 15.2 Å². The van der Waals surface area contributed by atoms with Crippen molar-refractivity contribution in [1.82, 2.24) is 0 Å². The first kappa shape index (κ1) is 18.4. The summed E-state index contributed by atoms with van der Waals surface area (Å²) in [5, 5.41) is 11.8. The van der Waals surface area contributed by atoms with E-state index in [1.54, 1.807) is 43.3 Å². The summed E-state index contributed by atoms with van der Waals surface area (Å²) >= 11 is 0. The Kier molecular flexibility index (Phi) is 6.11. The summed E-state index contributed by atoms with van der Waals surface area (Å²) in [6.45, 7) is 1.58. The quantitative estimate of drug-likeness (QED) is 0.804. The zero-order chi connectivity index (χ0) is 18.4. The number of anilines is 1. The summed E-state index contributed by atoms with van der Waals surface area (Å²) in [5.41, 5.74) is 1.52. The topological polar surface area (TPSA) is 75.6 Å². The smallest absolute Gasteiger partial charge is 0.310 e. The fourth-order valence-electron chi connectivity index (χ4n) is 2.41. The number of aliphatic carboxylic acids is 1. The number of hydrogen-bond acceptors (Lipinski definition) is 3. The molecule has 0 spiro atoms. The molecule has 0 aliphatic heterocycles. The van der Waals surface area contributed by atoms with Crippen molar-refractivity contribution < 1.29 is 23.8 Å². The molecule has 0 saturated carbocycles. The van der Waals surface area contributed by atoms with Gasteiger partial charge in [-0.1, -0.05) is 24.3 Å². The van der Waals surface area contributed by atoms with Gasteiger partial charge in [0.15, 0.2) is 11.6 Å². The zero-order valence-electron chi connectivity index (χ0n) is 14.1. The average Bonchev–Trinajstić information content (AvgIpc) is 2.60. The molecule has 0 heterocycles. The second-order valence-electron chi connectivity index (χ2n) is 5.67. The van der Waals surface area contributed by atoms with E-state index in [9.17, 15) is 14.0 Å². The summed E-state index contributed by atoms with van der Waals surface area (Å²) in [6.07, 6.45) is 0.336. The molecule has 6 heteroatoms. The maximum Gasteiger partial charge on any atom is 0.310 e. The van der Waals surface area contributed by atoms with Gasteiger partial charge in [0.1, 0.15) is 0 Å². The molecule has 0 fully saturated rings. The van der Waals surface area contributed by atoms with Gasteiger partial charge in [0, 0.05) is 12.1 Å². The first-order chi connectivity index (χ1) is 11.9. The molecule has 1 amide bonds. The van der Waals surface area contributed by atoms with E-state index >= 15 is 0 Å². The maximum absolute atomic E-state index is 14.1. The van der Waals surface area contributed by atoms with Gasteiger partial charge in [-0.2, -0.15) is 0 Å². The fraction of sp³-hybridized carbons (Fsp3) is 0.263. The van der Waals surface area contributed by atoms with Gasteiger partial charge >= 0.3 is 5.97 Å². The van der Waals surface area contributed by atoms with E-state index in [0.29, 0.717) is 16.8 Å². The van der Waals surface area contributed by atoms with Crippen LogP contribution < -0.4 is 10.1 Å². The molecule has 2 N–H and O–H groups in total. The standard InChI is InChI=1S/C19H20FNO4/c1-12(19(23)24)14-6-3-7-15(11-14)21-17(22)10-9-13-5-4-8-16(25-2)18(13)20/h3-8,11-12H,9-10H2,1-2H3,(H,21,22)(H,23,24). The van der Waals surface area contributed by atoms with E-state index in [1.807, 2.05) is 0 Å². The Morgan fingerprint density at radius 2 is 1.96 bits per heavy atom. The number of carboxylic acids is 1. The number of amides is 1. The molecule has 2 rings (SSSR count). The molecule has 0 aliphatic rings. The van der Waals surface area contributed by atoms with Crippen molar-refractivity contribution in [3.05, 3.63) is 59.4 Å². The van der Waals surface area contributed by atoms with Crippen molar-refractivity contribution in [3.8, 4) is 5.75 Å². The normalized spacial score (nSPS) is 11.6. The van der Waals surface area contributed by atoms with Gasteiger partial charge in [0.05, 0.1) is 13.0 Å². The van der Waals surface area contributed by atoms with Crippen LogP contribution in [0, 0.1) is 5.82 Å². The van der Waals surface area contributed by atoms with Gasteiger partial charge in [-0.3, -0.25) is 9.59 Å². The van der Waals surface area contributed by atoms with Gasteiger partial charge in [-0.15, -0.1) is 0 Å². The van der Waals surface area contributed by atoms with Crippen LogP contribution in [0.2, 0.25) is 0 Å². The van der Waals surface area contributed by atoms with E-state index in [2.05, 4.69) is 5.32 Å². The van der Waals surface area contributed by atoms with Crippen LogP contribution in [0.1, 0.15) is 30.4 Å². The van der Waals surface area contributed by atoms with Crippen molar-refractivity contribution in [2.24, 2.45) is 0 Å². The van der Waals surface area contributed by atoms with E-state index in [4.69, 9.17) is 9.84 Å². The summed E-state index contributed by atoms with van der Waals surface area (Å²) in [4.78, 5) is 23.1. The fourth-order valence-corrected chi connectivity index (χ4v) is 2.41. The second kappa shape index (κ2) is 8.28. The zero-order valence-corrected chi connectivity index (χ0v) is 14.1. The SMILES string of the molecule is COc1cccc(CCC(=O)Nc2cccc(C(C)C(=O)O)c2)c1F. The molecule has 5 nitrogen and oxygen atoms in total. The minimum atomic E-state index is -0.933. The number of halogens is 1. The van der Waals surface area contributed by atoms with Crippen LogP contribution in [-0.4, -0.2) is 24.1 Å². The number of carboxylic acid groups (broad SMARTS) is 1. The first-order valence-electron chi connectivity index (χ1n) is 7.86. The molecule has 1 atom stereocenters. The molecule has 25 heavy (non-hydrogen) atoms. The third kappa shape index (κ3) is 4.79. The molecular formula is C19H20FNO4. The number of carbonyl (C=O) groups is 2. The maximum atomic E-state index is 14.1. The molecule has 0 aliphatic carbocycles. The van der Waals surface area contributed by atoms with Gasteiger partial charge in [0.25, 0.3) is 0 Å². The third-order valence-electron chi connectivity index (χ3n) is 3.93. The number of methoxy groups -OCH3 is 1. The molecule has 132 valence electrons. The first-order valence-corrected chi connectivity index (χ1v) is 7.86. The Morgan fingerprint density at radius 3 is 2.64 bits per heavy atom. The van der Waals surface area contributed by atoms with Crippen molar-refractivity contribution in [3.63, 3.8) is 0 Å². The highest BCUT2D eigenvalue weighted by atomic mass is 19.1. The lowest BCUT2D eigenvalue weighted by Crippen LogP contribution is -2.14. The van der Waals surface area contributed by atoms with E-state index in [0.717, 1.165) is 0 Å². The van der Waals surface area contributed by atoms with Crippen LogP contribution in [0.3, 0.4) is 0 Å². The third-order valence-corrected chi connectivity index (χ3v) is 3.93. The lowest BCUT2D eigenvalue weighted by atomic mass is 10.0. The monoisotopic (exact) mass is 345 g/mol. The van der Waals surface area contributed by atoms with Crippen LogP contribution in [0.15, 0.2) is 42.5 Å². The number of benzene rings is 2. The lowest BCUT2D eigenvalue weighted by Gasteiger charge is -2.11. The van der Waals surface area contributed by atoms with Crippen molar-refractivity contribution >= 4 is 17.6 Å². The Balaban J connectivity index is 1.99. The number of carbonyl (C=O) groups excluding carboxylic acids is 1. The Morgan fingerprint density at radius 1 is 1.24 bits per heavy atom. The van der Waals surface area contributed by atoms with Crippen molar-refractivity contribution in [2.45, 2.75) is 25.7 Å². The number of hydrogen-bond donors (Lipinski definition) is 2. The Bertz CT molecular complexity index is 776. The van der Waals surface area contributed by atoms with Crippen LogP contribution in [0.5, 0.6) is 5.75 Å². The highest BCUT2D eigenvalue weighted by Gasteiger charge is 2.14. The van der Waals surface area contributed by atoms with Crippen LogP contribution >= 0.6 is 0 Å². The molecular weight excluding hydrogens is 325 g/mol. The molecule has 0 radical (unpaired) electrons. The van der Waals surface area contributed by atoms with E-state index < -0.39 is 17.7 Å². The number of aryl methyl sites for hydroxylation is 1. The van der Waals surface area contributed by atoms with Crippen LogP contribution in [-0.2, 0) is 16.0 Å². The molecule has 1 unspecified atom stereocenters. The summed E-state index contributed by atoms with van der Waals surface area (Å²) < 4.78 is 19.0. The summed E-state index contributed by atoms with van der Waals surface area (Å²) in [5.74, 6) is -2.19. The number of ether oxygens (including phenoxy) is 1. The largest absolute Gasteiger partial charge is 0.494 e. The Labute approximate surface area is 145 Å². The average molecular weight is 345 g/mol. The predicted octanol–water partition coefficient (Wildman–Crippen LogP) is 3.59. The molecule has 0 saturated heterocycles. The summed E-state index contributed by atoms with van der Waals surface area (Å²) in [6, 6.07) is 11.5. The predicted molar refractivity (Wildman–Crippen MR) is 92.4 cm³/mol. The highest BCUT2D eigenvalue weighted by molar-refractivity contribution is 5.91. The van der Waals surface area contributed by atoms with E-state index in [1.165, 1.54) is 13.2 Å². The number of rotatable bonds is 7. The minimum Gasteiger partial charge on any atom is -0.494 e. The lowest BCUT2D eigenvalue weighted by molar-refractivity contribution is -0.138. The molecule has 2 aromatic carbocycles. The van der Waals surface area contributed by atoms with Gasteiger partial charge in [0.2, 0.25) is 5.91 Å². The van der Waals surface area contributed by atoms with Crippen molar-refractivity contribution in [2.75, 3.05) is 12.4 Å². The minimum absolute atomic E-state index is 0.1000. The molecule has 0 aromatic heterocycles. The highest BCUT2D eigenvalue weighted by Crippen LogP contribution is 2.22. The second-order valence-corrected chi connectivity index (χ2v) is 5.67. The van der Waals surface area contributed by atoms with Gasteiger partial charge in [-0.25, -0.2) is 4.39 Å².